The lowest BCUT2D eigenvalue weighted by Crippen LogP contribution is -2.16. The number of hydrazone groups is 1. The summed E-state index contributed by atoms with van der Waals surface area (Å²) < 4.78 is 19.4. The molecule has 6 nitrogen and oxygen atoms in total. The van der Waals surface area contributed by atoms with E-state index in [0.717, 1.165) is 5.52 Å². The van der Waals surface area contributed by atoms with Crippen molar-refractivity contribution in [2.75, 3.05) is 7.11 Å². The lowest BCUT2D eigenvalue weighted by molar-refractivity contribution is 0.103. The number of aromatic nitrogens is 1. The van der Waals surface area contributed by atoms with Gasteiger partial charge in [0.25, 0.3) is 0 Å². The highest BCUT2D eigenvalue weighted by molar-refractivity contribution is 6.11. The van der Waals surface area contributed by atoms with Crippen molar-refractivity contribution in [1.82, 2.24) is 9.83 Å². The SMILES string of the molecule is COC(=O)N/N=C\c1c(C)c(C(=O)c2ccc(F)cc2)n2ccccc12. The summed E-state index contributed by atoms with van der Waals surface area (Å²) in [5.41, 5.74) is 5.19. The number of rotatable bonds is 4. The summed E-state index contributed by atoms with van der Waals surface area (Å²) in [6, 6.07) is 10.9. The molecule has 0 fully saturated rings. The lowest BCUT2D eigenvalue weighted by Gasteiger charge is -2.04. The second-order valence-electron chi connectivity index (χ2n) is 5.54. The van der Waals surface area contributed by atoms with Gasteiger partial charge in [0, 0.05) is 17.3 Å². The van der Waals surface area contributed by atoms with Crippen LogP contribution < -0.4 is 5.43 Å². The van der Waals surface area contributed by atoms with Gasteiger partial charge in [0.15, 0.2) is 0 Å². The number of pyridine rings is 1. The Bertz CT molecular complexity index is 1010. The van der Waals surface area contributed by atoms with E-state index in [1.54, 1.807) is 17.5 Å². The lowest BCUT2D eigenvalue weighted by atomic mass is 10.0. The van der Waals surface area contributed by atoms with Crippen LogP contribution in [0.25, 0.3) is 5.52 Å². The summed E-state index contributed by atoms with van der Waals surface area (Å²) in [5, 5.41) is 3.86. The van der Waals surface area contributed by atoms with Gasteiger partial charge in [-0.3, -0.25) is 4.79 Å². The fourth-order valence-electron chi connectivity index (χ4n) is 2.73. The van der Waals surface area contributed by atoms with Crippen LogP contribution in [-0.2, 0) is 4.74 Å². The van der Waals surface area contributed by atoms with E-state index >= 15 is 0 Å². The van der Waals surface area contributed by atoms with E-state index in [2.05, 4.69) is 15.3 Å². The topological polar surface area (TPSA) is 72.2 Å². The quantitative estimate of drug-likeness (QED) is 0.444. The Kier molecular flexibility index (Phi) is 4.79. The van der Waals surface area contributed by atoms with Crippen molar-refractivity contribution in [3.63, 3.8) is 0 Å². The molecule has 0 aliphatic carbocycles. The molecule has 0 aliphatic heterocycles. The molecule has 0 saturated carbocycles. The van der Waals surface area contributed by atoms with Crippen molar-refractivity contribution in [3.05, 3.63) is 76.9 Å². The second-order valence-corrected chi connectivity index (χ2v) is 5.54. The monoisotopic (exact) mass is 353 g/mol. The van der Waals surface area contributed by atoms with Gasteiger partial charge in [0.1, 0.15) is 5.82 Å². The molecule has 2 heterocycles. The molecule has 0 unspecified atom stereocenters. The minimum absolute atomic E-state index is 0.232. The van der Waals surface area contributed by atoms with Crippen LogP contribution in [0.15, 0.2) is 53.8 Å². The van der Waals surface area contributed by atoms with Gasteiger partial charge in [-0.2, -0.15) is 5.10 Å². The summed E-state index contributed by atoms with van der Waals surface area (Å²) in [7, 11) is 1.24. The minimum Gasteiger partial charge on any atom is -0.452 e. The molecule has 3 aromatic rings. The molecule has 0 saturated heterocycles. The Balaban J connectivity index is 2.09. The molecule has 0 radical (unpaired) electrons. The second kappa shape index (κ2) is 7.18. The van der Waals surface area contributed by atoms with Crippen LogP contribution in [0.3, 0.4) is 0 Å². The van der Waals surface area contributed by atoms with Gasteiger partial charge in [0.05, 0.1) is 24.5 Å². The maximum atomic E-state index is 13.1. The number of nitrogens with one attached hydrogen (secondary N) is 1. The third-order valence-corrected chi connectivity index (χ3v) is 3.99. The predicted molar refractivity (Wildman–Crippen MR) is 95.1 cm³/mol. The van der Waals surface area contributed by atoms with Crippen LogP contribution in [0.1, 0.15) is 27.2 Å². The number of halogens is 1. The Morgan fingerprint density at radius 3 is 2.62 bits per heavy atom. The molecular weight excluding hydrogens is 337 g/mol. The molecule has 132 valence electrons. The Morgan fingerprint density at radius 2 is 1.92 bits per heavy atom. The zero-order valence-electron chi connectivity index (χ0n) is 14.2. The standard InChI is InChI=1S/C19H16FN3O3/c1-12-15(11-21-22-19(25)26-2)16-5-3-4-10-23(16)17(12)18(24)13-6-8-14(20)9-7-13/h3-11H,1-2H3,(H,22,25)/b21-11-. The molecule has 0 atom stereocenters. The zero-order valence-corrected chi connectivity index (χ0v) is 14.2. The number of carbonyl (C=O) groups excluding carboxylic acids is 2. The first-order valence-corrected chi connectivity index (χ1v) is 7.80. The van der Waals surface area contributed by atoms with Crippen molar-refractivity contribution < 1.29 is 18.7 Å². The normalized spacial score (nSPS) is 11.0. The summed E-state index contributed by atoms with van der Waals surface area (Å²) in [6.07, 6.45) is 2.54. The molecule has 1 amide bonds. The summed E-state index contributed by atoms with van der Waals surface area (Å²) in [4.78, 5) is 24.1. The fraction of sp³-hybridized carbons (Fsp3) is 0.105. The third kappa shape index (κ3) is 3.19. The van der Waals surface area contributed by atoms with E-state index in [4.69, 9.17) is 0 Å². The van der Waals surface area contributed by atoms with E-state index in [0.29, 0.717) is 22.4 Å². The Labute approximate surface area is 148 Å². The molecule has 1 aromatic carbocycles. The van der Waals surface area contributed by atoms with E-state index < -0.39 is 11.9 Å². The van der Waals surface area contributed by atoms with Crippen molar-refractivity contribution in [3.8, 4) is 0 Å². The number of carbonyl (C=O) groups is 2. The van der Waals surface area contributed by atoms with Gasteiger partial charge in [-0.05, 0) is 48.9 Å². The third-order valence-electron chi connectivity index (χ3n) is 3.99. The number of benzene rings is 1. The molecule has 26 heavy (non-hydrogen) atoms. The van der Waals surface area contributed by atoms with Gasteiger partial charge in [-0.25, -0.2) is 14.6 Å². The summed E-state index contributed by atoms with van der Waals surface area (Å²) >= 11 is 0. The summed E-state index contributed by atoms with van der Waals surface area (Å²) in [6.45, 7) is 1.79. The van der Waals surface area contributed by atoms with Crippen LogP contribution in [0.4, 0.5) is 9.18 Å². The van der Waals surface area contributed by atoms with Crippen molar-refractivity contribution >= 4 is 23.6 Å². The van der Waals surface area contributed by atoms with E-state index in [1.807, 2.05) is 18.2 Å². The number of ether oxygens (including phenoxy) is 1. The maximum Gasteiger partial charge on any atom is 0.427 e. The van der Waals surface area contributed by atoms with Crippen LogP contribution in [0.2, 0.25) is 0 Å². The van der Waals surface area contributed by atoms with Crippen LogP contribution >= 0.6 is 0 Å². The molecule has 1 N–H and O–H groups in total. The molecule has 3 rings (SSSR count). The zero-order chi connectivity index (χ0) is 18.7. The van der Waals surface area contributed by atoms with Gasteiger partial charge in [-0.1, -0.05) is 6.07 Å². The number of fused-ring (bicyclic) bond motifs is 1. The van der Waals surface area contributed by atoms with Crippen molar-refractivity contribution in [2.45, 2.75) is 6.92 Å². The van der Waals surface area contributed by atoms with Gasteiger partial charge in [0.2, 0.25) is 5.78 Å². The van der Waals surface area contributed by atoms with Gasteiger partial charge in [-0.15, -0.1) is 0 Å². The van der Waals surface area contributed by atoms with Gasteiger partial charge >= 0.3 is 6.09 Å². The largest absolute Gasteiger partial charge is 0.452 e. The highest BCUT2D eigenvalue weighted by Gasteiger charge is 2.20. The first-order chi connectivity index (χ1) is 12.5. The molecule has 7 heteroatoms. The fourth-order valence-corrected chi connectivity index (χ4v) is 2.73. The number of hydrogen-bond acceptors (Lipinski definition) is 4. The summed E-state index contributed by atoms with van der Waals surface area (Å²) in [5.74, 6) is -0.635. The predicted octanol–water partition coefficient (Wildman–Crippen LogP) is 3.31. The molecule has 0 bridgehead atoms. The van der Waals surface area contributed by atoms with Crippen LogP contribution in [0.5, 0.6) is 0 Å². The minimum atomic E-state index is -0.690. The molecule has 0 aliphatic rings. The van der Waals surface area contributed by atoms with Gasteiger partial charge < -0.3 is 9.14 Å². The average Bonchev–Trinajstić information content (AvgIpc) is 2.93. The molecular formula is C19H16FN3O3. The maximum absolute atomic E-state index is 13.1. The van der Waals surface area contributed by atoms with Crippen LogP contribution in [0, 0.1) is 12.7 Å². The Morgan fingerprint density at radius 1 is 1.19 bits per heavy atom. The van der Waals surface area contributed by atoms with Crippen molar-refractivity contribution in [1.29, 1.82) is 0 Å². The molecule has 0 spiro atoms. The smallest absolute Gasteiger partial charge is 0.427 e. The Hall–Kier alpha value is -3.48. The number of hydrogen-bond donors (Lipinski definition) is 1. The number of amides is 1. The van der Waals surface area contributed by atoms with E-state index in [9.17, 15) is 14.0 Å². The number of ketones is 1. The first kappa shape index (κ1) is 17.3. The van der Waals surface area contributed by atoms with E-state index in [-0.39, 0.29) is 5.78 Å². The first-order valence-electron chi connectivity index (χ1n) is 7.80. The number of nitrogens with zero attached hydrogens (tertiary/aromatic N) is 2. The highest BCUT2D eigenvalue weighted by Crippen LogP contribution is 2.24. The van der Waals surface area contributed by atoms with Crippen molar-refractivity contribution in [2.24, 2.45) is 5.10 Å². The van der Waals surface area contributed by atoms with E-state index in [1.165, 1.54) is 37.6 Å². The molecule has 2 aromatic heterocycles. The highest BCUT2D eigenvalue weighted by atomic mass is 19.1. The number of methoxy groups -OCH3 is 1. The van der Waals surface area contributed by atoms with Crippen LogP contribution in [-0.4, -0.2) is 29.6 Å². The average molecular weight is 353 g/mol.